The molecule has 0 spiro atoms. The number of hydrogen-bond donors (Lipinski definition) is 15. The number of benzene rings is 4. The minimum Gasteiger partial charge on any atom is -0.478 e. The average Bonchev–Trinajstić information content (AvgIpc) is 1.21. The number of non-ortho nitro benzene ring substituents is 1. The fourth-order valence-corrected chi connectivity index (χ4v) is 11.0. The number of cyclic esters (lactones) is 2. The van der Waals surface area contributed by atoms with Gasteiger partial charge in [0.05, 0.1) is 35.2 Å². The third kappa shape index (κ3) is 56.8. The van der Waals surface area contributed by atoms with E-state index in [1.54, 1.807) is 173 Å². The summed E-state index contributed by atoms with van der Waals surface area (Å²) in [7, 11) is 1.03. The number of nitro benzene ring substituents is 1. The van der Waals surface area contributed by atoms with Crippen LogP contribution >= 0.6 is 0 Å². The first-order valence-electron chi connectivity index (χ1n) is 45.5. The zero-order valence-electron chi connectivity index (χ0n) is 85.4. The van der Waals surface area contributed by atoms with Crippen LogP contribution in [-0.2, 0) is 66.4 Å². The van der Waals surface area contributed by atoms with E-state index in [4.69, 9.17) is 77.5 Å². The number of carbonyl (C=O) groups is 17. The second kappa shape index (κ2) is 60.0. The third-order valence-corrected chi connectivity index (χ3v) is 16.8. The first-order chi connectivity index (χ1) is 66.7. The Labute approximate surface area is 834 Å². The molecule has 12 amide bonds. The molecule has 144 heavy (non-hydrogen) atoms. The number of guanidine groups is 1. The summed E-state index contributed by atoms with van der Waals surface area (Å²) in [6, 6.07) is 19.1. The van der Waals surface area contributed by atoms with Crippen LogP contribution in [0, 0.1) is 10.1 Å². The number of nitrogens with zero attached hydrogens (tertiary/aromatic N) is 2. The van der Waals surface area contributed by atoms with Crippen LogP contribution in [0.1, 0.15) is 247 Å². The van der Waals surface area contributed by atoms with Crippen molar-refractivity contribution in [3.05, 3.63) is 152 Å². The predicted molar refractivity (Wildman–Crippen MR) is 519 cm³/mol. The lowest BCUT2D eigenvalue weighted by molar-refractivity contribution is -0.384. The van der Waals surface area contributed by atoms with Gasteiger partial charge in [-0.1, -0.05) is 0 Å². The molecule has 1 fully saturated rings. The number of carboxylic acids is 2. The molecule has 798 valence electrons. The number of nitro groups is 1. The highest BCUT2D eigenvalue weighted by Crippen LogP contribution is 2.31. The van der Waals surface area contributed by atoms with Crippen LogP contribution < -0.4 is 74.3 Å². The highest BCUT2D eigenvalue weighted by Gasteiger charge is 2.51. The minimum atomic E-state index is -1.74. The molecule has 2 aliphatic rings. The van der Waals surface area contributed by atoms with Gasteiger partial charge in [-0.2, -0.15) is 0 Å². The average molecular weight is 2040 g/mol. The summed E-state index contributed by atoms with van der Waals surface area (Å²) in [5, 5.41) is 59.3. The van der Waals surface area contributed by atoms with Crippen molar-refractivity contribution in [1.29, 1.82) is 0 Å². The maximum Gasteiger partial charge on any atom is 0.514 e. The van der Waals surface area contributed by atoms with Gasteiger partial charge < -0.3 is 131 Å². The molecule has 0 bridgehead atoms. The molecule has 16 N–H and O–H groups in total. The summed E-state index contributed by atoms with van der Waals surface area (Å²) in [4.78, 5) is 218. The van der Waals surface area contributed by atoms with E-state index in [-0.39, 0.29) is 52.3 Å². The van der Waals surface area contributed by atoms with Crippen molar-refractivity contribution >= 4 is 114 Å². The number of carboxylic acid groups (broad SMARTS) is 2. The quantitative estimate of drug-likeness (QED) is 0.00308. The van der Waals surface area contributed by atoms with E-state index in [1.807, 2.05) is 20.8 Å². The van der Waals surface area contributed by atoms with Gasteiger partial charge in [-0.15, -0.1) is 0 Å². The van der Waals surface area contributed by atoms with Crippen LogP contribution in [-0.4, -0.2) is 272 Å². The SMILES string of the molecule is CC(C)(C)OC(=O)NCCCN.CC(C)(C)OC(=O)NCCCNC(=O)c1ccc(C(=O)NCCCNC(=O)OC(C)(C)C)cc1.CC(C)(C)OC(=O)NCCCNC(=O)c1ccc(C(=O)NCCCNC(=O)OC(C)(C)C)cc1.COC(=O)C1=C[C@H](N=C(NC(=O)OC(C)(C)C)NC(=O)OC(C)(C)C)[C@@H](NC(C)=O)[C@H]([C@H](OC(=O)Oc2ccc([N+](=O)[O-])cc2)[C@H]2COC(=O)O2)O1.O=C(O)c1ccc(C(=O)O)cc1. The normalized spacial score (nSPS) is 14.3. The molecule has 4 aromatic rings. The lowest BCUT2D eigenvalue weighted by Crippen LogP contribution is -2.61. The Bertz CT molecular complexity index is 4660. The summed E-state index contributed by atoms with van der Waals surface area (Å²) in [5.41, 5.74) is 2.21. The van der Waals surface area contributed by atoms with Gasteiger partial charge in [0.25, 0.3) is 29.3 Å². The van der Waals surface area contributed by atoms with E-state index in [0.29, 0.717) is 113 Å². The Kier molecular flexibility index (Phi) is 52.0. The molecule has 0 aromatic heterocycles. The number of aliphatic imine (C=N–C) groups is 1. The zero-order valence-corrected chi connectivity index (χ0v) is 85.4. The standard InChI is InChI=1S/C31H39N5O16.2C24H38N4O6.C8H18N2O2.C8H6O4/c1-15(37)32-21-18(33-25(34-26(39)51-30(2,3)4)35-27(40)52-31(5,6)7)13-19(24(38)45-8)48-23(21)22(20-14-46-28(41)49-20)50-29(42)47-17-11-9-16(10-12-17)36(43)44;2*1-23(2,3)33-21(31)27-15-7-13-25-19(29)17-9-11-18(12-10-17)20(30)26-14-8-16-28-22(32)34-24(4,5)6;1-8(2,3)12-7(11)10-6-4-5-9;9-7(10)5-1-2-6(4-3-5)8(11)12/h9-13,18,20-23H,14H2,1-8H3,(H,32,37)(H2,33,34,35,39,40);2*9-12H,7-8,13-16H2,1-6H3,(H,25,29)(H,26,30)(H,27,31)(H,28,32);4-6,9H2,1-3H3,(H,10,11);1-4H,(H,9,10)(H,11,12)/t18-,20+,21+,22+,23+;;;;/m0..../s1. The van der Waals surface area contributed by atoms with Gasteiger partial charge in [-0.25, -0.2) is 62.5 Å². The number of hydrogen-bond acceptors (Lipinski definition) is 34. The highest BCUT2D eigenvalue weighted by atomic mass is 16.8. The fourth-order valence-electron chi connectivity index (χ4n) is 11.0. The van der Waals surface area contributed by atoms with Gasteiger partial charge in [0.1, 0.15) is 51.6 Å². The number of aromatic carboxylic acids is 2. The summed E-state index contributed by atoms with van der Waals surface area (Å²) in [6.07, 6.45) is -7.84. The van der Waals surface area contributed by atoms with Gasteiger partial charge >= 0.3 is 72.9 Å². The van der Waals surface area contributed by atoms with Crippen molar-refractivity contribution in [3.63, 3.8) is 0 Å². The van der Waals surface area contributed by atoms with Crippen molar-refractivity contribution in [2.45, 2.75) is 254 Å². The van der Waals surface area contributed by atoms with Crippen molar-refractivity contribution in [2.75, 3.05) is 79.2 Å². The highest BCUT2D eigenvalue weighted by molar-refractivity contribution is 6.02. The second-order valence-electron chi connectivity index (χ2n) is 38.0. The number of esters is 1. The van der Waals surface area contributed by atoms with Crippen LogP contribution in [0.4, 0.5) is 48.8 Å². The Morgan fingerprint density at radius 1 is 0.431 bits per heavy atom. The molecular formula is C95H139N15O34. The van der Waals surface area contributed by atoms with E-state index >= 15 is 0 Å². The Balaban J connectivity index is 0.000000667. The van der Waals surface area contributed by atoms with Crippen molar-refractivity contribution in [3.8, 4) is 5.75 Å². The van der Waals surface area contributed by atoms with Gasteiger partial charge in [-0.05, 0) is 275 Å². The van der Waals surface area contributed by atoms with E-state index < -0.39 is 166 Å². The summed E-state index contributed by atoms with van der Waals surface area (Å²) < 4.78 is 67.6. The number of methoxy groups -OCH3 is 1. The van der Waals surface area contributed by atoms with E-state index in [0.717, 1.165) is 50.8 Å². The van der Waals surface area contributed by atoms with Gasteiger partial charge in [0.2, 0.25) is 17.6 Å². The predicted octanol–water partition coefficient (Wildman–Crippen LogP) is 10.6. The molecule has 49 heteroatoms. The first-order valence-corrected chi connectivity index (χ1v) is 45.5. The summed E-state index contributed by atoms with van der Waals surface area (Å²) in [5.74, 6) is -6.25. The number of amides is 12. The van der Waals surface area contributed by atoms with Crippen molar-refractivity contribution in [1.82, 2.24) is 63.8 Å². The summed E-state index contributed by atoms with van der Waals surface area (Å²) >= 11 is 0. The molecule has 4 aromatic carbocycles. The van der Waals surface area contributed by atoms with Crippen LogP contribution in [0.25, 0.3) is 0 Å². The molecule has 49 nitrogen and oxygen atoms in total. The van der Waals surface area contributed by atoms with E-state index in [1.165, 1.54) is 24.3 Å². The Hall–Kier alpha value is -15.4. The zero-order chi connectivity index (χ0) is 109. The lowest BCUT2D eigenvalue weighted by atomic mass is 9.92. The number of alkyl carbamates (subject to hydrolysis) is 7. The number of nitrogens with two attached hydrogens (primary N) is 1. The van der Waals surface area contributed by atoms with E-state index in [9.17, 15) is 91.6 Å². The Morgan fingerprint density at radius 2 is 0.722 bits per heavy atom. The number of nitrogens with one attached hydrogen (secondary N) is 12. The number of rotatable bonds is 33. The molecule has 1 saturated heterocycles. The molecule has 2 aliphatic heterocycles. The lowest BCUT2D eigenvalue weighted by Gasteiger charge is -2.39. The van der Waals surface area contributed by atoms with Crippen molar-refractivity contribution < 1.29 is 158 Å². The van der Waals surface area contributed by atoms with Crippen LogP contribution in [0.2, 0.25) is 0 Å². The Morgan fingerprint density at radius 3 is 0.986 bits per heavy atom. The largest absolute Gasteiger partial charge is 0.514 e. The molecular weight excluding hydrogens is 1900 g/mol. The third-order valence-electron chi connectivity index (χ3n) is 16.8. The first kappa shape index (κ1) is 125. The maximum absolute atomic E-state index is 13.1. The topological polar surface area (TPSA) is 677 Å². The van der Waals surface area contributed by atoms with E-state index in [2.05, 4.69) is 68.8 Å². The summed E-state index contributed by atoms with van der Waals surface area (Å²) in [6.45, 7) is 41.2. The van der Waals surface area contributed by atoms with Crippen LogP contribution in [0.5, 0.6) is 5.75 Å². The molecule has 0 aliphatic carbocycles. The van der Waals surface area contributed by atoms with Gasteiger partial charge in [0.15, 0.2) is 18.3 Å². The molecule has 6 rings (SSSR count). The van der Waals surface area contributed by atoms with Crippen molar-refractivity contribution in [2.24, 2.45) is 10.7 Å². The molecule has 2 heterocycles. The maximum atomic E-state index is 13.1. The second-order valence-corrected chi connectivity index (χ2v) is 38.0. The molecule has 0 unspecified atom stereocenters. The monoisotopic (exact) mass is 2030 g/mol. The van der Waals surface area contributed by atoms with Crippen LogP contribution in [0.3, 0.4) is 0 Å². The molecule has 5 atom stereocenters. The molecule has 0 radical (unpaired) electrons. The smallest absolute Gasteiger partial charge is 0.478 e. The van der Waals surface area contributed by atoms with Gasteiger partial charge in [-0.3, -0.25) is 44.7 Å². The fraction of sp³-hybridized carbons (Fsp3) is 0.537. The van der Waals surface area contributed by atoms with Crippen LogP contribution in [0.15, 0.2) is 114 Å². The molecule has 0 saturated carbocycles. The number of carbonyl (C=O) groups excluding carboxylic acids is 15. The number of ether oxygens (including phenoxy) is 13. The minimum absolute atomic E-state index is 0.0833. The van der Waals surface area contributed by atoms with Gasteiger partial charge in [0, 0.05) is 100 Å².